The van der Waals surface area contributed by atoms with E-state index in [1.165, 1.54) is 12.1 Å². The van der Waals surface area contributed by atoms with Crippen molar-refractivity contribution in [3.05, 3.63) is 52.8 Å². The minimum atomic E-state index is -0.602. The van der Waals surface area contributed by atoms with Gasteiger partial charge >= 0.3 is 0 Å². The lowest BCUT2D eigenvalue weighted by molar-refractivity contribution is 0.403. The lowest BCUT2D eigenvalue weighted by Gasteiger charge is -2.12. The molecule has 2 aromatic rings. The van der Waals surface area contributed by atoms with E-state index in [9.17, 15) is 4.39 Å². The second-order valence-corrected chi connectivity index (χ2v) is 4.24. The van der Waals surface area contributed by atoms with Gasteiger partial charge in [-0.25, -0.2) is 4.39 Å². The highest BCUT2D eigenvalue weighted by molar-refractivity contribution is 6.30. The van der Waals surface area contributed by atoms with Crippen molar-refractivity contribution in [1.82, 2.24) is 0 Å². The summed E-state index contributed by atoms with van der Waals surface area (Å²) in [7, 11) is 1.54. The van der Waals surface area contributed by atoms with Crippen molar-refractivity contribution in [2.45, 2.75) is 6.54 Å². The molecule has 0 amide bonds. The molecule has 0 unspecified atom stereocenters. The SMILES string of the molecule is COc1ccc(CN)c(Oc2cccc(Cl)c2F)c1. The van der Waals surface area contributed by atoms with Gasteiger partial charge in [0.1, 0.15) is 11.5 Å². The maximum atomic E-state index is 13.8. The first kappa shape index (κ1) is 13.6. The number of halogens is 2. The summed E-state index contributed by atoms with van der Waals surface area (Å²) in [5, 5.41) is 0.00898. The van der Waals surface area contributed by atoms with E-state index in [0.29, 0.717) is 11.5 Å². The summed E-state index contributed by atoms with van der Waals surface area (Å²) in [6.45, 7) is 0.279. The van der Waals surface area contributed by atoms with Crippen LogP contribution in [0.5, 0.6) is 17.2 Å². The van der Waals surface area contributed by atoms with Crippen molar-refractivity contribution in [2.75, 3.05) is 7.11 Å². The fourth-order valence-corrected chi connectivity index (χ4v) is 1.77. The molecule has 0 aliphatic rings. The van der Waals surface area contributed by atoms with E-state index in [0.717, 1.165) is 5.56 Å². The van der Waals surface area contributed by atoms with Crippen LogP contribution in [-0.2, 0) is 6.54 Å². The Morgan fingerprint density at radius 1 is 1.21 bits per heavy atom. The summed E-state index contributed by atoms with van der Waals surface area (Å²) in [4.78, 5) is 0. The smallest absolute Gasteiger partial charge is 0.184 e. The van der Waals surface area contributed by atoms with Crippen molar-refractivity contribution in [3.63, 3.8) is 0 Å². The average Bonchev–Trinajstić information content (AvgIpc) is 2.43. The molecule has 0 atom stereocenters. The predicted molar refractivity (Wildman–Crippen MR) is 72.4 cm³/mol. The molecule has 0 saturated heterocycles. The molecular formula is C14H13ClFNO2. The quantitative estimate of drug-likeness (QED) is 0.928. The van der Waals surface area contributed by atoms with E-state index in [4.69, 9.17) is 26.8 Å². The van der Waals surface area contributed by atoms with Gasteiger partial charge in [-0.05, 0) is 18.2 Å². The Hall–Kier alpha value is -1.78. The maximum Gasteiger partial charge on any atom is 0.184 e. The van der Waals surface area contributed by atoms with Gasteiger partial charge in [0.05, 0.1) is 12.1 Å². The van der Waals surface area contributed by atoms with E-state index in [2.05, 4.69) is 0 Å². The van der Waals surface area contributed by atoms with Gasteiger partial charge < -0.3 is 15.2 Å². The van der Waals surface area contributed by atoms with Crippen molar-refractivity contribution in [1.29, 1.82) is 0 Å². The Morgan fingerprint density at radius 2 is 2.00 bits per heavy atom. The lowest BCUT2D eigenvalue weighted by atomic mass is 10.2. The molecule has 0 aliphatic heterocycles. The molecule has 5 heteroatoms. The van der Waals surface area contributed by atoms with Crippen molar-refractivity contribution < 1.29 is 13.9 Å². The lowest BCUT2D eigenvalue weighted by Crippen LogP contribution is -2.00. The minimum Gasteiger partial charge on any atom is -0.497 e. The first-order valence-electron chi connectivity index (χ1n) is 5.64. The molecule has 0 aromatic heterocycles. The number of methoxy groups -OCH3 is 1. The molecule has 0 saturated carbocycles. The maximum absolute atomic E-state index is 13.8. The van der Waals surface area contributed by atoms with Crippen LogP contribution in [0.2, 0.25) is 5.02 Å². The number of nitrogens with two attached hydrogens (primary N) is 1. The fourth-order valence-electron chi connectivity index (χ4n) is 1.61. The zero-order chi connectivity index (χ0) is 13.8. The molecule has 2 aromatic carbocycles. The number of benzene rings is 2. The fraction of sp³-hybridized carbons (Fsp3) is 0.143. The summed E-state index contributed by atoms with van der Waals surface area (Å²) in [6, 6.07) is 9.77. The molecule has 0 spiro atoms. The molecule has 19 heavy (non-hydrogen) atoms. The normalized spacial score (nSPS) is 10.3. The number of ether oxygens (including phenoxy) is 2. The van der Waals surface area contributed by atoms with Crippen LogP contribution in [0.4, 0.5) is 4.39 Å². The average molecular weight is 282 g/mol. The molecule has 0 aliphatic carbocycles. The van der Waals surface area contributed by atoms with Gasteiger partial charge in [-0.15, -0.1) is 0 Å². The Morgan fingerprint density at radius 3 is 2.68 bits per heavy atom. The molecule has 2 N–H and O–H groups in total. The van der Waals surface area contributed by atoms with Crippen molar-refractivity contribution in [2.24, 2.45) is 5.73 Å². The Labute approximate surface area is 115 Å². The highest BCUT2D eigenvalue weighted by atomic mass is 35.5. The third kappa shape index (κ3) is 2.97. The van der Waals surface area contributed by atoms with Crippen LogP contribution in [0.15, 0.2) is 36.4 Å². The predicted octanol–water partition coefficient (Wildman–Crippen LogP) is 3.74. The van der Waals surface area contributed by atoms with Crippen LogP contribution in [0.25, 0.3) is 0 Å². The third-order valence-electron chi connectivity index (χ3n) is 2.63. The van der Waals surface area contributed by atoms with E-state index >= 15 is 0 Å². The van der Waals surface area contributed by atoms with E-state index in [1.807, 2.05) is 0 Å². The topological polar surface area (TPSA) is 44.5 Å². The summed E-state index contributed by atoms with van der Waals surface area (Å²) < 4.78 is 24.4. The molecule has 0 heterocycles. The van der Waals surface area contributed by atoms with Crippen LogP contribution in [0.3, 0.4) is 0 Å². The van der Waals surface area contributed by atoms with E-state index < -0.39 is 5.82 Å². The Bertz CT molecular complexity index is 590. The summed E-state index contributed by atoms with van der Waals surface area (Å²) >= 11 is 5.71. The molecule has 0 radical (unpaired) electrons. The highest BCUT2D eigenvalue weighted by Gasteiger charge is 2.11. The van der Waals surface area contributed by atoms with Crippen LogP contribution in [0, 0.1) is 5.82 Å². The van der Waals surface area contributed by atoms with Gasteiger partial charge in [0.15, 0.2) is 11.6 Å². The van der Waals surface area contributed by atoms with Gasteiger partial charge in [-0.1, -0.05) is 23.7 Å². The third-order valence-corrected chi connectivity index (χ3v) is 2.92. The zero-order valence-electron chi connectivity index (χ0n) is 10.3. The highest BCUT2D eigenvalue weighted by Crippen LogP contribution is 2.32. The molecule has 3 nitrogen and oxygen atoms in total. The van der Waals surface area contributed by atoms with Crippen LogP contribution >= 0.6 is 11.6 Å². The van der Waals surface area contributed by atoms with Gasteiger partial charge in [-0.3, -0.25) is 0 Å². The minimum absolute atomic E-state index is 0.00898. The van der Waals surface area contributed by atoms with Crippen LogP contribution in [0.1, 0.15) is 5.56 Å². The van der Waals surface area contributed by atoms with E-state index in [1.54, 1.807) is 31.4 Å². The molecule has 0 bridgehead atoms. The summed E-state index contributed by atoms with van der Waals surface area (Å²) in [5.41, 5.74) is 6.37. The van der Waals surface area contributed by atoms with E-state index in [-0.39, 0.29) is 17.3 Å². The summed E-state index contributed by atoms with van der Waals surface area (Å²) in [5.74, 6) is 0.503. The van der Waals surface area contributed by atoms with Gasteiger partial charge in [0.25, 0.3) is 0 Å². The van der Waals surface area contributed by atoms with Crippen molar-refractivity contribution in [3.8, 4) is 17.2 Å². The number of hydrogen-bond acceptors (Lipinski definition) is 3. The second-order valence-electron chi connectivity index (χ2n) is 3.83. The van der Waals surface area contributed by atoms with Crippen LogP contribution < -0.4 is 15.2 Å². The molecule has 100 valence electrons. The first-order valence-corrected chi connectivity index (χ1v) is 6.02. The van der Waals surface area contributed by atoms with Gasteiger partial charge in [0.2, 0.25) is 0 Å². The first-order chi connectivity index (χ1) is 9.15. The standard InChI is InChI=1S/C14H13ClFNO2/c1-18-10-6-5-9(8-17)13(7-10)19-12-4-2-3-11(15)14(12)16/h2-7H,8,17H2,1H3. The molecular weight excluding hydrogens is 269 g/mol. The van der Waals surface area contributed by atoms with Gasteiger partial charge in [0, 0.05) is 18.2 Å². The Balaban J connectivity index is 2.39. The Kier molecular flexibility index (Phi) is 4.24. The summed E-state index contributed by atoms with van der Waals surface area (Å²) in [6.07, 6.45) is 0. The molecule has 0 fully saturated rings. The van der Waals surface area contributed by atoms with Crippen molar-refractivity contribution >= 4 is 11.6 Å². The largest absolute Gasteiger partial charge is 0.497 e. The number of rotatable bonds is 4. The van der Waals surface area contributed by atoms with Gasteiger partial charge in [-0.2, -0.15) is 0 Å². The van der Waals surface area contributed by atoms with Crippen LogP contribution in [-0.4, -0.2) is 7.11 Å². The number of hydrogen-bond donors (Lipinski definition) is 1. The second kappa shape index (κ2) is 5.91. The monoisotopic (exact) mass is 281 g/mol. The molecule has 2 rings (SSSR count). The zero-order valence-corrected chi connectivity index (χ0v) is 11.1.